The van der Waals surface area contributed by atoms with E-state index >= 15 is 0 Å². The zero-order chi connectivity index (χ0) is 15.6. The molecule has 0 bridgehead atoms. The highest BCUT2D eigenvalue weighted by molar-refractivity contribution is 5.68. The van der Waals surface area contributed by atoms with Crippen molar-refractivity contribution in [3.8, 4) is 0 Å². The van der Waals surface area contributed by atoms with Crippen LogP contribution in [-0.2, 0) is 9.47 Å². The van der Waals surface area contributed by atoms with Crippen LogP contribution in [0.1, 0.15) is 34.1 Å². The van der Waals surface area contributed by atoms with Gasteiger partial charge in [-0.15, -0.1) is 0 Å². The summed E-state index contributed by atoms with van der Waals surface area (Å²) in [6, 6.07) is -0.351. The first-order chi connectivity index (χ1) is 8.98. The van der Waals surface area contributed by atoms with Crippen molar-refractivity contribution in [3.63, 3.8) is 0 Å². The zero-order valence-electron chi connectivity index (χ0n) is 12.5. The molecule has 1 rings (SSSR count). The minimum absolute atomic E-state index is 0.173. The lowest BCUT2D eigenvalue weighted by atomic mass is 10.0. The summed E-state index contributed by atoms with van der Waals surface area (Å²) in [7, 11) is 0. The molecule has 20 heavy (non-hydrogen) atoms. The van der Waals surface area contributed by atoms with Gasteiger partial charge < -0.3 is 20.1 Å². The third-order valence-corrected chi connectivity index (χ3v) is 2.81. The number of ether oxygens (including phenoxy) is 2. The van der Waals surface area contributed by atoms with Gasteiger partial charge in [-0.3, -0.25) is 0 Å². The number of nitrogens with zero attached hydrogens (tertiary/aromatic N) is 1. The van der Waals surface area contributed by atoms with Crippen LogP contribution in [0.2, 0.25) is 0 Å². The first kappa shape index (κ1) is 17.1. The number of hydrogen-bond acceptors (Lipinski definition) is 4. The van der Waals surface area contributed by atoms with E-state index in [9.17, 15) is 13.6 Å². The van der Waals surface area contributed by atoms with Crippen LogP contribution in [0.15, 0.2) is 0 Å². The summed E-state index contributed by atoms with van der Waals surface area (Å²) in [6.07, 6.45) is -0.567. The van der Waals surface area contributed by atoms with Gasteiger partial charge in [-0.25, -0.2) is 13.6 Å². The molecule has 0 unspecified atom stereocenters. The van der Waals surface area contributed by atoms with Gasteiger partial charge in [-0.05, 0) is 27.2 Å². The molecule has 2 atom stereocenters. The van der Waals surface area contributed by atoms with Crippen molar-refractivity contribution in [3.05, 3.63) is 0 Å². The Labute approximate surface area is 118 Å². The van der Waals surface area contributed by atoms with E-state index in [-0.39, 0.29) is 12.6 Å². The van der Waals surface area contributed by atoms with Gasteiger partial charge in [0.15, 0.2) is 0 Å². The van der Waals surface area contributed by atoms with E-state index in [4.69, 9.17) is 15.2 Å². The standard InChI is InChI=1S/C13H24F2N2O3/c1-12(2,3)20-11(18)17-6-5-9(16)10(7-17)19-8-13(4,14)15/h9-10H,5-8,16H2,1-4H3/t9-,10+/m0/s1. The average Bonchev–Trinajstić information content (AvgIpc) is 2.24. The lowest BCUT2D eigenvalue weighted by Crippen LogP contribution is -2.54. The maximum absolute atomic E-state index is 12.8. The minimum atomic E-state index is -2.91. The number of carbonyl (C=O) groups excluding carboxylic acids is 1. The van der Waals surface area contributed by atoms with E-state index < -0.39 is 30.3 Å². The minimum Gasteiger partial charge on any atom is -0.444 e. The Morgan fingerprint density at radius 2 is 1.95 bits per heavy atom. The highest BCUT2D eigenvalue weighted by Crippen LogP contribution is 2.19. The summed E-state index contributed by atoms with van der Waals surface area (Å²) in [5.74, 6) is -2.91. The normalized spacial score (nSPS) is 24.6. The average molecular weight is 294 g/mol. The van der Waals surface area contributed by atoms with Gasteiger partial charge in [0.25, 0.3) is 5.92 Å². The highest BCUT2D eigenvalue weighted by atomic mass is 19.3. The van der Waals surface area contributed by atoms with E-state index in [1.807, 2.05) is 0 Å². The monoisotopic (exact) mass is 294 g/mol. The molecule has 1 amide bonds. The van der Waals surface area contributed by atoms with Gasteiger partial charge in [-0.2, -0.15) is 0 Å². The summed E-state index contributed by atoms with van der Waals surface area (Å²) < 4.78 is 36.0. The van der Waals surface area contributed by atoms with Gasteiger partial charge in [-0.1, -0.05) is 0 Å². The fraction of sp³-hybridized carbons (Fsp3) is 0.923. The third kappa shape index (κ3) is 6.00. The molecule has 1 fully saturated rings. The second-order valence-corrected chi connectivity index (χ2v) is 6.30. The van der Waals surface area contributed by atoms with Crippen molar-refractivity contribution in [2.45, 2.75) is 57.8 Å². The number of amides is 1. The Morgan fingerprint density at radius 1 is 1.35 bits per heavy atom. The van der Waals surface area contributed by atoms with E-state index in [0.717, 1.165) is 6.92 Å². The fourth-order valence-corrected chi connectivity index (χ4v) is 1.86. The molecule has 0 spiro atoms. The smallest absolute Gasteiger partial charge is 0.410 e. The van der Waals surface area contributed by atoms with Crippen molar-refractivity contribution in [1.82, 2.24) is 4.90 Å². The lowest BCUT2D eigenvalue weighted by molar-refractivity contribution is -0.105. The summed E-state index contributed by atoms with van der Waals surface area (Å²) in [6.45, 7) is 6.01. The SMILES string of the molecule is CC(F)(F)CO[C@@H]1CN(C(=O)OC(C)(C)C)CC[C@@H]1N. The zero-order valence-corrected chi connectivity index (χ0v) is 12.5. The summed E-state index contributed by atoms with van der Waals surface area (Å²) in [4.78, 5) is 13.4. The Kier molecular flexibility index (Phi) is 5.32. The van der Waals surface area contributed by atoms with Crippen LogP contribution in [0, 0.1) is 0 Å². The van der Waals surface area contributed by atoms with Gasteiger partial charge in [0.1, 0.15) is 12.2 Å². The van der Waals surface area contributed by atoms with Crippen LogP contribution < -0.4 is 5.73 Å². The first-order valence-corrected chi connectivity index (χ1v) is 6.71. The van der Waals surface area contributed by atoms with E-state index in [1.54, 1.807) is 20.8 Å². The molecule has 0 aromatic carbocycles. The number of halogens is 2. The molecule has 5 nitrogen and oxygen atoms in total. The van der Waals surface area contributed by atoms with Crippen molar-refractivity contribution < 1.29 is 23.0 Å². The number of likely N-dealkylation sites (tertiary alicyclic amines) is 1. The van der Waals surface area contributed by atoms with Gasteiger partial charge in [0.2, 0.25) is 0 Å². The highest BCUT2D eigenvalue weighted by Gasteiger charge is 2.34. The number of piperidine rings is 1. The quantitative estimate of drug-likeness (QED) is 0.864. The summed E-state index contributed by atoms with van der Waals surface area (Å²) in [5, 5.41) is 0. The molecule has 1 aliphatic rings. The van der Waals surface area contributed by atoms with E-state index in [2.05, 4.69) is 0 Å². The number of rotatable bonds is 3. The molecule has 2 N–H and O–H groups in total. The first-order valence-electron chi connectivity index (χ1n) is 6.71. The second-order valence-electron chi connectivity index (χ2n) is 6.30. The van der Waals surface area contributed by atoms with Gasteiger partial charge in [0.05, 0.1) is 12.6 Å². The van der Waals surface area contributed by atoms with Crippen LogP contribution in [0.4, 0.5) is 13.6 Å². The van der Waals surface area contributed by atoms with Crippen LogP contribution in [0.3, 0.4) is 0 Å². The Morgan fingerprint density at radius 3 is 2.45 bits per heavy atom. The van der Waals surface area contributed by atoms with Crippen LogP contribution >= 0.6 is 0 Å². The molecule has 118 valence electrons. The topological polar surface area (TPSA) is 64.8 Å². The molecule has 0 aromatic rings. The summed E-state index contributed by atoms with van der Waals surface area (Å²) >= 11 is 0. The molecule has 0 radical (unpaired) electrons. The number of nitrogens with two attached hydrogens (primary N) is 1. The second kappa shape index (κ2) is 6.22. The van der Waals surface area contributed by atoms with Crippen LogP contribution in [0.5, 0.6) is 0 Å². The maximum atomic E-state index is 12.8. The Balaban J connectivity index is 2.55. The van der Waals surface area contributed by atoms with Crippen molar-refractivity contribution >= 4 is 6.09 Å². The molecule has 0 saturated carbocycles. The van der Waals surface area contributed by atoms with E-state index in [0.29, 0.717) is 13.0 Å². The molecule has 7 heteroatoms. The third-order valence-electron chi connectivity index (χ3n) is 2.81. The molecule has 0 aliphatic carbocycles. The van der Waals surface area contributed by atoms with Gasteiger partial charge in [0, 0.05) is 19.5 Å². The number of hydrogen-bond donors (Lipinski definition) is 1. The fourth-order valence-electron chi connectivity index (χ4n) is 1.86. The molecule has 1 heterocycles. The van der Waals surface area contributed by atoms with Crippen molar-refractivity contribution in [2.75, 3.05) is 19.7 Å². The van der Waals surface area contributed by atoms with Gasteiger partial charge >= 0.3 is 6.09 Å². The molecule has 1 aliphatic heterocycles. The number of alkyl halides is 2. The Hall–Kier alpha value is -0.950. The van der Waals surface area contributed by atoms with Crippen LogP contribution in [0.25, 0.3) is 0 Å². The lowest BCUT2D eigenvalue weighted by Gasteiger charge is -2.37. The van der Waals surface area contributed by atoms with Crippen LogP contribution in [-0.4, -0.2) is 54.4 Å². The predicted molar refractivity (Wildman–Crippen MR) is 70.8 cm³/mol. The van der Waals surface area contributed by atoms with Crippen molar-refractivity contribution in [2.24, 2.45) is 5.73 Å². The molecule has 1 saturated heterocycles. The Bertz CT molecular complexity index is 339. The van der Waals surface area contributed by atoms with Crippen molar-refractivity contribution in [1.29, 1.82) is 0 Å². The van der Waals surface area contributed by atoms with E-state index in [1.165, 1.54) is 4.90 Å². The predicted octanol–water partition coefficient (Wildman–Crippen LogP) is 1.99. The summed E-state index contributed by atoms with van der Waals surface area (Å²) in [5.41, 5.74) is 5.26. The molecule has 0 aromatic heterocycles. The largest absolute Gasteiger partial charge is 0.444 e. The molecular formula is C13H24F2N2O3. The number of carbonyl (C=O) groups is 1. The maximum Gasteiger partial charge on any atom is 0.410 e. The molecular weight excluding hydrogens is 270 g/mol.